The SMILES string of the molecule is CC[C@@H]1CC2C[C@H](CC)C(O)C2C1O. The number of aliphatic hydroxyl groups excluding tert-OH is 2. The van der Waals surface area contributed by atoms with E-state index in [4.69, 9.17) is 0 Å². The summed E-state index contributed by atoms with van der Waals surface area (Å²) in [7, 11) is 0. The fraction of sp³-hybridized carbons (Fsp3) is 1.00. The standard InChI is InChI=1S/C12H22O2/c1-3-7-5-9-6-8(4-2)12(14)10(9)11(7)13/h7-14H,3-6H2,1-2H3/t7-,8+,9?,10?,11?,12?. The Kier molecular flexibility index (Phi) is 2.85. The van der Waals surface area contributed by atoms with Crippen LogP contribution in [-0.2, 0) is 0 Å². The van der Waals surface area contributed by atoms with E-state index in [1.807, 2.05) is 0 Å². The molecule has 2 heteroatoms. The van der Waals surface area contributed by atoms with Crippen LogP contribution < -0.4 is 0 Å². The van der Waals surface area contributed by atoms with Gasteiger partial charge in [-0.2, -0.15) is 0 Å². The fourth-order valence-electron chi connectivity index (χ4n) is 3.67. The Balaban J connectivity index is 2.08. The van der Waals surface area contributed by atoms with Crippen molar-refractivity contribution in [3.8, 4) is 0 Å². The van der Waals surface area contributed by atoms with E-state index in [9.17, 15) is 10.2 Å². The van der Waals surface area contributed by atoms with Crippen molar-refractivity contribution in [3.63, 3.8) is 0 Å². The maximum Gasteiger partial charge on any atom is 0.0623 e. The molecule has 0 heterocycles. The van der Waals surface area contributed by atoms with Crippen LogP contribution in [0.1, 0.15) is 39.5 Å². The summed E-state index contributed by atoms with van der Waals surface area (Å²) in [5.74, 6) is 1.66. The molecule has 4 unspecified atom stereocenters. The Morgan fingerprint density at radius 3 is 1.64 bits per heavy atom. The third-order valence-corrected chi connectivity index (χ3v) is 4.56. The predicted octanol–water partition coefficient (Wildman–Crippen LogP) is 1.80. The zero-order valence-electron chi connectivity index (χ0n) is 9.19. The topological polar surface area (TPSA) is 40.5 Å². The van der Waals surface area contributed by atoms with E-state index in [0.717, 1.165) is 25.7 Å². The van der Waals surface area contributed by atoms with Gasteiger partial charge in [-0.3, -0.25) is 0 Å². The summed E-state index contributed by atoms with van der Waals surface area (Å²) in [5.41, 5.74) is 0. The van der Waals surface area contributed by atoms with Crippen molar-refractivity contribution < 1.29 is 10.2 Å². The monoisotopic (exact) mass is 198 g/mol. The second kappa shape index (κ2) is 3.82. The van der Waals surface area contributed by atoms with E-state index in [-0.39, 0.29) is 18.1 Å². The van der Waals surface area contributed by atoms with Gasteiger partial charge in [0.05, 0.1) is 12.2 Å². The lowest BCUT2D eigenvalue weighted by molar-refractivity contribution is 0.00310. The van der Waals surface area contributed by atoms with Gasteiger partial charge in [0, 0.05) is 5.92 Å². The molecule has 0 aromatic rings. The third-order valence-electron chi connectivity index (χ3n) is 4.56. The van der Waals surface area contributed by atoms with E-state index >= 15 is 0 Å². The second-order valence-corrected chi connectivity index (χ2v) is 5.13. The second-order valence-electron chi connectivity index (χ2n) is 5.13. The molecular formula is C12H22O2. The van der Waals surface area contributed by atoms with Crippen molar-refractivity contribution in [3.05, 3.63) is 0 Å². The van der Waals surface area contributed by atoms with Gasteiger partial charge in [0.25, 0.3) is 0 Å². The van der Waals surface area contributed by atoms with Crippen LogP contribution >= 0.6 is 0 Å². The normalized spacial score (nSPS) is 52.3. The maximum absolute atomic E-state index is 10.1. The van der Waals surface area contributed by atoms with Crippen LogP contribution in [-0.4, -0.2) is 22.4 Å². The van der Waals surface area contributed by atoms with Gasteiger partial charge in [-0.25, -0.2) is 0 Å². The summed E-state index contributed by atoms with van der Waals surface area (Å²) in [4.78, 5) is 0. The molecule has 0 radical (unpaired) electrons. The summed E-state index contributed by atoms with van der Waals surface area (Å²) in [6.45, 7) is 4.28. The van der Waals surface area contributed by atoms with Crippen molar-refractivity contribution in [1.29, 1.82) is 0 Å². The highest BCUT2D eigenvalue weighted by atomic mass is 16.3. The average Bonchev–Trinajstić information content (AvgIpc) is 2.65. The van der Waals surface area contributed by atoms with Crippen molar-refractivity contribution in [2.45, 2.75) is 51.7 Å². The highest BCUT2D eigenvalue weighted by Crippen LogP contribution is 2.50. The van der Waals surface area contributed by atoms with Gasteiger partial charge in [0.1, 0.15) is 0 Å². The molecule has 2 saturated carbocycles. The molecule has 0 aromatic heterocycles. The first-order valence-electron chi connectivity index (χ1n) is 6.05. The van der Waals surface area contributed by atoms with Crippen molar-refractivity contribution in [2.75, 3.05) is 0 Å². The van der Waals surface area contributed by atoms with Gasteiger partial charge in [-0.05, 0) is 30.6 Å². The van der Waals surface area contributed by atoms with Crippen molar-refractivity contribution in [1.82, 2.24) is 0 Å². The molecule has 0 saturated heterocycles. The molecule has 2 fully saturated rings. The van der Waals surface area contributed by atoms with Crippen LogP contribution in [0.4, 0.5) is 0 Å². The Labute approximate surface area is 86.3 Å². The molecule has 0 spiro atoms. The summed E-state index contributed by atoms with van der Waals surface area (Å²) in [6.07, 6.45) is 3.90. The summed E-state index contributed by atoms with van der Waals surface area (Å²) in [6, 6.07) is 0. The minimum Gasteiger partial charge on any atom is -0.392 e. The molecule has 0 aromatic carbocycles. The maximum atomic E-state index is 10.1. The van der Waals surface area contributed by atoms with Gasteiger partial charge in [0.15, 0.2) is 0 Å². The van der Waals surface area contributed by atoms with E-state index in [0.29, 0.717) is 17.8 Å². The quantitative estimate of drug-likeness (QED) is 0.710. The van der Waals surface area contributed by atoms with Crippen LogP contribution in [0.3, 0.4) is 0 Å². The number of fused-ring (bicyclic) bond motifs is 1. The minimum atomic E-state index is -0.239. The molecule has 0 amide bonds. The lowest BCUT2D eigenvalue weighted by atomic mass is 9.91. The summed E-state index contributed by atoms with van der Waals surface area (Å²) in [5, 5.41) is 20.2. The van der Waals surface area contributed by atoms with Crippen LogP contribution in [0.5, 0.6) is 0 Å². The number of hydrogen-bond acceptors (Lipinski definition) is 2. The molecule has 0 aliphatic heterocycles. The minimum absolute atomic E-state index is 0.185. The Bertz CT molecular complexity index is 184. The van der Waals surface area contributed by atoms with Gasteiger partial charge < -0.3 is 10.2 Å². The lowest BCUT2D eigenvalue weighted by Gasteiger charge is -2.23. The Hall–Kier alpha value is -0.0800. The number of rotatable bonds is 2. The molecule has 2 aliphatic carbocycles. The van der Waals surface area contributed by atoms with E-state index in [1.165, 1.54) is 0 Å². The van der Waals surface area contributed by atoms with Crippen LogP contribution in [0.2, 0.25) is 0 Å². The zero-order valence-corrected chi connectivity index (χ0v) is 9.19. The van der Waals surface area contributed by atoms with Crippen LogP contribution in [0.15, 0.2) is 0 Å². The van der Waals surface area contributed by atoms with Gasteiger partial charge in [0.2, 0.25) is 0 Å². The van der Waals surface area contributed by atoms with Crippen LogP contribution in [0, 0.1) is 23.7 Å². The summed E-state index contributed by atoms with van der Waals surface area (Å²) >= 11 is 0. The first-order valence-corrected chi connectivity index (χ1v) is 6.05. The Morgan fingerprint density at radius 2 is 1.36 bits per heavy atom. The Morgan fingerprint density at radius 1 is 0.929 bits per heavy atom. The molecule has 2 aliphatic rings. The lowest BCUT2D eigenvalue weighted by Crippen LogP contribution is -2.31. The molecule has 0 bridgehead atoms. The largest absolute Gasteiger partial charge is 0.392 e. The third kappa shape index (κ3) is 1.40. The smallest absolute Gasteiger partial charge is 0.0623 e. The molecule has 14 heavy (non-hydrogen) atoms. The first-order chi connectivity index (χ1) is 6.69. The number of hydrogen-bond donors (Lipinski definition) is 2. The summed E-state index contributed by atoms with van der Waals surface area (Å²) < 4.78 is 0. The molecule has 2 nitrogen and oxygen atoms in total. The van der Waals surface area contributed by atoms with E-state index in [2.05, 4.69) is 13.8 Å². The molecule has 2 rings (SSSR count). The highest BCUT2D eigenvalue weighted by molar-refractivity contribution is 5.01. The zero-order chi connectivity index (χ0) is 10.3. The molecule has 6 atom stereocenters. The average molecular weight is 198 g/mol. The fourth-order valence-corrected chi connectivity index (χ4v) is 3.67. The van der Waals surface area contributed by atoms with E-state index < -0.39 is 0 Å². The molecular weight excluding hydrogens is 176 g/mol. The molecule has 2 N–H and O–H groups in total. The van der Waals surface area contributed by atoms with Gasteiger partial charge in [-0.15, -0.1) is 0 Å². The highest BCUT2D eigenvalue weighted by Gasteiger charge is 2.51. The molecule has 82 valence electrons. The number of aliphatic hydroxyl groups is 2. The predicted molar refractivity (Wildman–Crippen MR) is 55.8 cm³/mol. The van der Waals surface area contributed by atoms with Crippen molar-refractivity contribution in [2.24, 2.45) is 23.7 Å². The van der Waals surface area contributed by atoms with Gasteiger partial charge in [-0.1, -0.05) is 26.7 Å². The van der Waals surface area contributed by atoms with Crippen molar-refractivity contribution >= 4 is 0 Å². The van der Waals surface area contributed by atoms with E-state index in [1.54, 1.807) is 0 Å². The first kappa shape index (κ1) is 10.4. The van der Waals surface area contributed by atoms with Gasteiger partial charge >= 0.3 is 0 Å². The van der Waals surface area contributed by atoms with Crippen LogP contribution in [0.25, 0.3) is 0 Å².